The van der Waals surface area contributed by atoms with Gasteiger partial charge in [-0.25, -0.2) is 0 Å². The summed E-state index contributed by atoms with van der Waals surface area (Å²) in [6.07, 6.45) is 2.40. The van der Waals surface area contributed by atoms with Gasteiger partial charge < -0.3 is 19.6 Å². The van der Waals surface area contributed by atoms with Crippen LogP contribution in [0.1, 0.15) is 18.6 Å². The van der Waals surface area contributed by atoms with Crippen molar-refractivity contribution in [1.82, 2.24) is 15.0 Å². The van der Waals surface area contributed by atoms with E-state index < -0.39 is 0 Å². The van der Waals surface area contributed by atoms with E-state index in [4.69, 9.17) is 4.52 Å². The Morgan fingerprint density at radius 3 is 2.68 bits per heavy atom. The maximum absolute atomic E-state index is 12.8. The van der Waals surface area contributed by atoms with Crippen molar-refractivity contribution in [3.05, 3.63) is 42.2 Å². The van der Waals surface area contributed by atoms with Crippen LogP contribution in [0.15, 0.2) is 45.8 Å². The lowest BCUT2D eigenvalue weighted by Gasteiger charge is -2.25. The monoisotopic (exact) mass is 402 g/mol. The molecule has 7 nitrogen and oxygen atoms in total. The Bertz CT molecular complexity index is 775. The van der Waals surface area contributed by atoms with E-state index in [1.807, 2.05) is 30.3 Å². The molecular weight excluding hydrogens is 376 g/mol. The minimum Gasteiger partial charge on any atom is -0.360 e. The fraction of sp³-hybridized carbons (Fsp3) is 0.450. The van der Waals surface area contributed by atoms with Gasteiger partial charge in [-0.05, 0) is 45.0 Å². The summed E-state index contributed by atoms with van der Waals surface area (Å²) in [5.74, 6) is 0.984. The van der Waals surface area contributed by atoms with Gasteiger partial charge in [-0.15, -0.1) is 11.8 Å². The maximum atomic E-state index is 12.8. The van der Waals surface area contributed by atoms with Crippen molar-refractivity contribution in [3.63, 3.8) is 0 Å². The van der Waals surface area contributed by atoms with E-state index in [2.05, 4.69) is 15.4 Å². The number of aryl methyl sites for hydroxylation is 1. The lowest BCUT2D eigenvalue weighted by molar-refractivity contribution is -0.132. The number of nitrogens with one attached hydrogen (secondary N) is 1. The van der Waals surface area contributed by atoms with E-state index in [0.717, 1.165) is 24.5 Å². The molecule has 1 aliphatic heterocycles. The molecule has 0 aliphatic carbocycles. The largest absolute Gasteiger partial charge is 0.360 e. The van der Waals surface area contributed by atoms with E-state index in [0.29, 0.717) is 23.9 Å². The van der Waals surface area contributed by atoms with Crippen molar-refractivity contribution in [3.8, 4) is 0 Å². The van der Waals surface area contributed by atoms with Gasteiger partial charge in [0.2, 0.25) is 11.8 Å². The number of rotatable bonds is 9. The summed E-state index contributed by atoms with van der Waals surface area (Å²) in [6, 6.07) is 11.5. The van der Waals surface area contributed by atoms with Crippen molar-refractivity contribution in [2.45, 2.75) is 24.7 Å². The lowest BCUT2D eigenvalue weighted by Crippen LogP contribution is -2.43. The molecule has 1 fully saturated rings. The predicted molar refractivity (Wildman–Crippen MR) is 109 cm³/mol. The molecular formula is C20H26N4O3S. The zero-order valence-corrected chi connectivity index (χ0v) is 16.9. The van der Waals surface area contributed by atoms with Gasteiger partial charge in [0, 0.05) is 24.1 Å². The van der Waals surface area contributed by atoms with Crippen LogP contribution < -0.4 is 5.32 Å². The highest BCUT2D eigenvalue weighted by Crippen LogP contribution is 2.17. The van der Waals surface area contributed by atoms with Gasteiger partial charge in [-0.3, -0.25) is 9.59 Å². The molecule has 2 amide bonds. The number of thioether (sulfide) groups is 1. The van der Waals surface area contributed by atoms with Crippen molar-refractivity contribution < 1.29 is 14.1 Å². The highest BCUT2D eigenvalue weighted by atomic mass is 32.2. The molecule has 0 unspecified atom stereocenters. The fourth-order valence-electron chi connectivity index (χ4n) is 3.09. The van der Waals surface area contributed by atoms with Crippen LogP contribution in [0.3, 0.4) is 0 Å². The highest BCUT2D eigenvalue weighted by molar-refractivity contribution is 8.00. The average Bonchev–Trinajstić information content (AvgIpc) is 3.35. The van der Waals surface area contributed by atoms with Crippen molar-refractivity contribution in [2.24, 2.45) is 0 Å². The molecule has 0 atom stereocenters. The molecule has 0 radical (unpaired) electrons. The Balaban J connectivity index is 1.56. The van der Waals surface area contributed by atoms with Crippen LogP contribution in [0.4, 0.5) is 5.82 Å². The quantitative estimate of drug-likeness (QED) is 0.650. The number of aromatic nitrogens is 1. The van der Waals surface area contributed by atoms with Crippen LogP contribution in [-0.4, -0.2) is 65.2 Å². The number of benzene rings is 1. The van der Waals surface area contributed by atoms with Gasteiger partial charge in [-0.2, -0.15) is 0 Å². The summed E-state index contributed by atoms with van der Waals surface area (Å²) in [4.78, 5) is 30.2. The normalized spacial score (nSPS) is 14.2. The zero-order valence-electron chi connectivity index (χ0n) is 16.1. The van der Waals surface area contributed by atoms with Crippen molar-refractivity contribution in [2.75, 3.05) is 43.8 Å². The molecule has 8 heteroatoms. The van der Waals surface area contributed by atoms with Gasteiger partial charge in [0.05, 0.1) is 12.3 Å². The maximum Gasteiger partial charge on any atom is 0.245 e. The Hall–Kier alpha value is -2.32. The standard InChI is InChI=1S/C20H26N4O3S/c1-16-13-18(22-27-16)21-19(25)14-24(12-11-23-9-5-6-10-23)20(26)15-28-17-7-3-2-4-8-17/h2-4,7-8,13H,5-6,9-12,14-15H2,1H3,(H,21,22,25). The van der Waals surface area contributed by atoms with Gasteiger partial charge >= 0.3 is 0 Å². The summed E-state index contributed by atoms with van der Waals surface area (Å²) < 4.78 is 4.97. The number of amides is 2. The third-order valence-electron chi connectivity index (χ3n) is 4.57. The lowest BCUT2D eigenvalue weighted by atomic mass is 10.4. The Morgan fingerprint density at radius 2 is 2.00 bits per heavy atom. The van der Waals surface area contributed by atoms with Gasteiger partial charge in [-0.1, -0.05) is 23.4 Å². The molecule has 1 saturated heterocycles. The molecule has 28 heavy (non-hydrogen) atoms. The molecule has 2 heterocycles. The van der Waals surface area contributed by atoms with Crippen LogP contribution in [-0.2, 0) is 9.59 Å². The van der Waals surface area contributed by atoms with E-state index >= 15 is 0 Å². The number of carbonyl (C=O) groups is 2. The van der Waals surface area contributed by atoms with Crippen LogP contribution in [0.5, 0.6) is 0 Å². The van der Waals surface area contributed by atoms with Crippen LogP contribution >= 0.6 is 11.8 Å². The number of hydrogen-bond acceptors (Lipinski definition) is 6. The SMILES string of the molecule is Cc1cc(NC(=O)CN(CCN2CCCC2)C(=O)CSc2ccccc2)no1. The van der Waals surface area contributed by atoms with Crippen LogP contribution in [0, 0.1) is 6.92 Å². The van der Waals surface area contributed by atoms with Crippen LogP contribution in [0.25, 0.3) is 0 Å². The van der Waals surface area contributed by atoms with E-state index in [9.17, 15) is 9.59 Å². The third-order valence-corrected chi connectivity index (χ3v) is 5.57. The summed E-state index contributed by atoms with van der Waals surface area (Å²) in [5.41, 5.74) is 0. The highest BCUT2D eigenvalue weighted by Gasteiger charge is 2.20. The molecule has 1 N–H and O–H groups in total. The minimum atomic E-state index is -0.271. The van der Waals surface area contributed by atoms with Gasteiger partial charge in [0.15, 0.2) is 5.82 Å². The summed E-state index contributed by atoms with van der Waals surface area (Å²) >= 11 is 1.49. The molecule has 1 aromatic heterocycles. The molecule has 1 aromatic carbocycles. The minimum absolute atomic E-state index is 0.00787. The smallest absolute Gasteiger partial charge is 0.245 e. The van der Waals surface area contributed by atoms with Gasteiger partial charge in [0.25, 0.3) is 0 Å². The number of anilines is 1. The topological polar surface area (TPSA) is 78.7 Å². The van der Waals surface area contributed by atoms with Crippen LogP contribution in [0.2, 0.25) is 0 Å². The Kier molecular flexibility index (Phi) is 7.50. The average molecular weight is 403 g/mol. The zero-order chi connectivity index (χ0) is 19.8. The summed E-state index contributed by atoms with van der Waals surface area (Å²) in [7, 11) is 0. The first-order valence-electron chi connectivity index (χ1n) is 9.51. The predicted octanol–water partition coefficient (Wildman–Crippen LogP) is 2.64. The molecule has 0 spiro atoms. The second kappa shape index (κ2) is 10.3. The molecule has 1 aliphatic rings. The van der Waals surface area contributed by atoms with E-state index in [1.165, 1.54) is 24.6 Å². The number of carbonyl (C=O) groups excluding carboxylic acids is 2. The second-order valence-electron chi connectivity index (χ2n) is 6.84. The Labute approximate surface area is 169 Å². The first-order chi connectivity index (χ1) is 13.6. The number of likely N-dealkylation sites (tertiary alicyclic amines) is 1. The van der Waals surface area contributed by atoms with Crippen molar-refractivity contribution >= 4 is 29.4 Å². The second-order valence-corrected chi connectivity index (χ2v) is 7.89. The summed E-state index contributed by atoms with van der Waals surface area (Å²) in [6.45, 7) is 5.22. The molecule has 150 valence electrons. The molecule has 2 aromatic rings. The molecule has 0 bridgehead atoms. The third kappa shape index (κ3) is 6.38. The number of hydrogen-bond donors (Lipinski definition) is 1. The van der Waals surface area contributed by atoms with E-state index in [1.54, 1.807) is 17.9 Å². The fourth-order valence-corrected chi connectivity index (χ4v) is 3.92. The summed E-state index contributed by atoms with van der Waals surface area (Å²) in [5, 5.41) is 6.46. The Morgan fingerprint density at radius 1 is 1.25 bits per heavy atom. The van der Waals surface area contributed by atoms with E-state index in [-0.39, 0.29) is 18.4 Å². The molecule has 3 rings (SSSR count). The first kappa shape index (κ1) is 20.4. The molecule has 0 saturated carbocycles. The first-order valence-corrected chi connectivity index (χ1v) is 10.5. The van der Waals surface area contributed by atoms with Gasteiger partial charge in [0.1, 0.15) is 5.76 Å². The van der Waals surface area contributed by atoms with Crippen molar-refractivity contribution in [1.29, 1.82) is 0 Å². The number of nitrogens with zero attached hydrogens (tertiary/aromatic N) is 3.